The molecule has 0 saturated carbocycles. The fourth-order valence-corrected chi connectivity index (χ4v) is 1.88. The van der Waals surface area contributed by atoms with Crippen molar-refractivity contribution in [2.45, 2.75) is 39.3 Å². The molecule has 0 radical (unpaired) electrons. The number of hydrogen-bond donors (Lipinski definition) is 1. The van der Waals surface area contributed by atoms with E-state index in [1.807, 2.05) is 19.2 Å². The molecule has 1 heterocycles. The number of aliphatic hydroxyl groups is 1. The molecule has 3 nitrogen and oxygen atoms in total. The summed E-state index contributed by atoms with van der Waals surface area (Å²) < 4.78 is 0. The Kier molecular flexibility index (Phi) is 4.56. The summed E-state index contributed by atoms with van der Waals surface area (Å²) in [5, 5.41) is 9.23. The summed E-state index contributed by atoms with van der Waals surface area (Å²) >= 11 is 0. The van der Waals surface area contributed by atoms with Crippen molar-refractivity contribution in [1.29, 1.82) is 0 Å². The smallest absolute Gasteiger partial charge is 0.134 e. The van der Waals surface area contributed by atoms with Gasteiger partial charge in [0, 0.05) is 24.8 Å². The van der Waals surface area contributed by atoms with Crippen LogP contribution in [0.3, 0.4) is 0 Å². The summed E-state index contributed by atoms with van der Waals surface area (Å²) in [6.07, 6.45) is 3.95. The van der Waals surface area contributed by atoms with Gasteiger partial charge in [0.25, 0.3) is 0 Å². The van der Waals surface area contributed by atoms with Crippen LogP contribution in [0.5, 0.6) is 0 Å². The van der Waals surface area contributed by atoms with E-state index < -0.39 is 0 Å². The van der Waals surface area contributed by atoms with Gasteiger partial charge in [0.15, 0.2) is 0 Å². The van der Waals surface area contributed by atoms with Gasteiger partial charge in [0.1, 0.15) is 5.82 Å². The van der Waals surface area contributed by atoms with E-state index in [1.54, 1.807) is 6.20 Å². The lowest BCUT2D eigenvalue weighted by atomic mass is 10.1. The molecule has 1 aromatic heterocycles. The van der Waals surface area contributed by atoms with E-state index in [-0.39, 0.29) is 6.61 Å². The van der Waals surface area contributed by atoms with Crippen molar-refractivity contribution >= 4 is 5.82 Å². The van der Waals surface area contributed by atoms with Crippen LogP contribution in [0.15, 0.2) is 18.3 Å². The molecule has 0 aliphatic heterocycles. The molecule has 0 amide bonds. The molecular formula is C12H20N2O. The highest BCUT2D eigenvalue weighted by Gasteiger charge is 2.14. The zero-order valence-electron chi connectivity index (χ0n) is 9.77. The number of rotatable bonds is 5. The van der Waals surface area contributed by atoms with E-state index in [4.69, 9.17) is 0 Å². The highest BCUT2D eigenvalue weighted by Crippen LogP contribution is 2.20. The summed E-state index contributed by atoms with van der Waals surface area (Å²) in [6.45, 7) is 4.39. The van der Waals surface area contributed by atoms with Gasteiger partial charge in [0.05, 0.1) is 6.61 Å². The number of pyridine rings is 1. The first-order valence-electron chi connectivity index (χ1n) is 5.52. The Bertz CT molecular complexity index is 297. The van der Waals surface area contributed by atoms with Crippen molar-refractivity contribution < 1.29 is 5.11 Å². The summed E-state index contributed by atoms with van der Waals surface area (Å²) in [5.74, 6) is 0.897. The molecule has 0 fully saturated rings. The fraction of sp³-hybridized carbons (Fsp3) is 0.583. The van der Waals surface area contributed by atoms with E-state index in [2.05, 4.69) is 23.7 Å². The monoisotopic (exact) mass is 208 g/mol. The van der Waals surface area contributed by atoms with Crippen molar-refractivity contribution in [3.05, 3.63) is 23.9 Å². The third kappa shape index (κ3) is 2.69. The molecular weight excluding hydrogens is 188 g/mol. The average molecular weight is 208 g/mol. The molecule has 0 aliphatic rings. The summed E-state index contributed by atoms with van der Waals surface area (Å²) in [5.41, 5.74) is 0.895. The van der Waals surface area contributed by atoms with Crippen LogP contribution in [0.2, 0.25) is 0 Å². The van der Waals surface area contributed by atoms with Crippen LogP contribution in [0.1, 0.15) is 32.3 Å². The van der Waals surface area contributed by atoms with Gasteiger partial charge in [-0.2, -0.15) is 0 Å². The van der Waals surface area contributed by atoms with E-state index in [0.29, 0.717) is 6.04 Å². The minimum absolute atomic E-state index is 0.0493. The number of aromatic nitrogens is 1. The van der Waals surface area contributed by atoms with Crippen molar-refractivity contribution in [3.8, 4) is 0 Å². The lowest BCUT2D eigenvalue weighted by molar-refractivity contribution is 0.281. The van der Waals surface area contributed by atoms with Crippen LogP contribution in [-0.2, 0) is 6.61 Å². The van der Waals surface area contributed by atoms with Crippen LogP contribution < -0.4 is 4.90 Å². The second kappa shape index (κ2) is 5.71. The maximum absolute atomic E-state index is 9.23. The van der Waals surface area contributed by atoms with Crippen molar-refractivity contribution in [1.82, 2.24) is 4.98 Å². The van der Waals surface area contributed by atoms with Crippen LogP contribution in [0, 0.1) is 0 Å². The lowest BCUT2D eigenvalue weighted by Gasteiger charge is -2.28. The molecule has 0 atom stereocenters. The molecule has 0 saturated heterocycles. The maximum Gasteiger partial charge on any atom is 0.134 e. The van der Waals surface area contributed by atoms with E-state index in [1.165, 1.54) is 0 Å². The highest BCUT2D eigenvalue weighted by atomic mass is 16.3. The zero-order valence-corrected chi connectivity index (χ0v) is 9.77. The highest BCUT2D eigenvalue weighted by molar-refractivity contribution is 5.46. The topological polar surface area (TPSA) is 36.4 Å². The Labute approximate surface area is 91.8 Å². The summed E-state index contributed by atoms with van der Waals surface area (Å²) in [7, 11) is 2.04. The van der Waals surface area contributed by atoms with Crippen LogP contribution in [0.4, 0.5) is 5.82 Å². The first-order valence-corrected chi connectivity index (χ1v) is 5.52. The number of hydrogen-bond acceptors (Lipinski definition) is 3. The molecule has 0 spiro atoms. The zero-order chi connectivity index (χ0) is 11.3. The molecule has 0 bridgehead atoms. The van der Waals surface area contributed by atoms with Crippen LogP contribution >= 0.6 is 0 Å². The minimum atomic E-state index is 0.0493. The number of aliphatic hydroxyl groups excluding tert-OH is 1. The first-order chi connectivity index (χ1) is 7.24. The lowest BCUT2D eigenvalue weighted by Crippen LogP contribution is -2.31. The van der Waals surface area contributed by atoms with E-state index in [0.717, 1.165) is 24.2 Å². The predicted molar refractivity (Wildman–Crippen MR) is 62.9 cm³/mol. The molecule has 1 rings (SSSR count). The van der Waals surface area contributed by atoms with Crippen molar-refractivity contribution in [2.24, 2.45) is 0 Å². The van der Waals surface area contributed by atoms with Gasteiger partial charge >= 0.3 is 0 Å². The molecule has 0 aromatic carbocycles. The summed E-state index contributed by atoms with van der Waals surface area (Å²) in [6, 6.07) is 4.27. The van der Waals surface area contributed by atoms with Gasteiger partial charge in [-0.1, -0.05) is 19.9 Å². The Morgan fingerprint density at radius 2 is 2.07 bits per heavy atom. The molecule has 0 unspecified atom stereocenters. The van der Waals surface area contributed by atoms with E-state index in [9.17, 15) is 5.11 Å². The maximum atomic E-state index is 9.23. The van der Waals surface area contributed by atoms with Gasteiger partial charge in [-0.15, -0.1) is 0 Å². The molecule has 15 heavy (non-hydrogen) atoms. The second-order valence-corrected chi connectivity index (χ2v) is 3.73. The third-order valence-corrected chi connectivity index (χ3v) is 2.86. The Morgan fingerprint density at radius 3 is 2.60 bits per heavy atom. The largest absolute Gasteiger partial charge is 0.392 e. The Hall–Kier alpha value is -1.09. The van der Waals surface area contributed by atoms with Gasteiger partial charge in [-0.05, 0) is 18.9 Å². The van der Waals surface area contributed by atoms with Crippen molar-refractivity contribution in [3.63, 3.8) is 0 Å². The standard InChI is InChI=1S/C12H20N2O/c1-4-11(5-2)14(3)12-10(9-15)7-6-8-13-12/h6-8,11,15H,4-5,9H2,1-3H3. The van der Waals surface area contributed by atoms with Gasteiger partial charge in [-0.3, -0.25) is 0 Å². The molecule has 1 aromatic rings. The van der Waals surface area contributed by atoms with Crippen molar-refractivity contribution in [2.75, 3.05) is 11.9 Å². The van der Waals surface area contributed by atoms with Crippen LogP contribution in [-0.4, -0.2) is 23.2 Å². The SMILES string of the molecule is CCC(CC)N(C)c1ncccc1CO. The van der Waals surface area contributed by atoms with Gasteiger partial charge < -0.3 is 10.0 Å². The molecule has 3 heteroatoms. The predicted octanol–water partition coefficient (Wildman–Crippen LogP) is 2.20. The molecule has 0 aliphatic carbocycles. The second-order valence-electron chi connectivity index (χ2n) is 3.73. The normalized spacial score (nSPS) is 10.7. The number of anilines is 1. The van der Waals surface area contributed by atoms with E-state index >= 15 is 0 Å². The first kappa shape index (κ1) is 12.0. The van der Waals surface area contributed by atoms with Gasteiger partial charge in [-0.25, -0.2) is 4.98 Å². The summed E-state index contributed by atoms with van der Waals surface area (Å²) in [4.78, 5) is 6.49. The third-order valence-electron chi connectivity index (χ3n) is 2.86. The minimum Gasteiger partial charge on any atom is -0.392 e. The Balaban J connectivity index is 2.93. The molecule has 1 N–H and O–H groups in total. The fourth-order valence-electron chi connectivity index (χ4n) is 1.88. The van der Waals surface area contributed by atoms with Crippen LogP contribution in [0.25, 0.3) is 0 Å². The average Bonchev–Trinajstić information content (AvgIpc) is 2.30. The number of nitrogens with zero attached hydrogens (tertiary/aromatic N) is 2. The quantitative estimate of drug-likeness (QED) is 0.806. The Morgan fingerprint density at radius 1 is 1.40 bits per heavy atom. The molecule has 84 valence electrons. The van der Waals surface area contributed by atoms with Gasteiger partial charge in [0.2, 0.25) is 0 Å².